The van der Waals surface area contributed by atoms with E-state index in [1.807, 2.05) is 60.8 Å². The number of carbonyl (C=O) groups excluding carboxylic acids is 1. The molecule has 0 bridgehead atoms. The molecule has 1 aromatic heterocycles. The number of rotatable bonds is 8. The number of aryl methyl sites for hydroxylation is 1. The number of hydrogen-bond acceptors (Lipinski definition) is 3. The van der Waals surface area contributed by atoms with Crippen molar-refractivity contribution in [3.8, 4) is 0 Å². The minimum absolute atomic E-state index is 0.0786. The largest absolute Gasteiger partial charge is 0.331 e. The summed E-state index contributed by atoms with van der Waals surface area (Å²) in [6, 6.07) is 30.4. The van der Waals surface area contributed by atoms with Crippen molar-refractivity contribution in [1.82, 2.24) is 10.3 Å². The zero-order chi connectivity index (χ0) is 21.3. The summed E-state index contributed by atoms with van der Waals surface area (Å²) >= 11 is 1.51. The minimum atomic E-state index is -0.234. The molecule has 0 aliphatic carbocycles. The molecule has 31 heavy (non-hydrogen) atoms. The molecule has 0 aliphatic rings. The third-order valence-electron chi connectivity index (χ3n) is 5.07. The minimum Gasteiger partial charge on any atom is -0.331 e. The maximum atomic E-state index is 12.7. The highest BCUT2D eigenvalue weighted by Gasteiger charge is 2.16. The van der Waals surface area contributed by atoms with E-state index in [2.05, 4.69) is 52.0 Å². The molecule has 0 spiro atoms. The average Bonchev–Trinajstić information content (AvgIpc) is 3.25. The van der Waals surface area contributed by atoms with Crippen molar-refractivity contribution in [2.45, 2.75) is 25.3 Å². The van der Waals surface area contributed by atoms with Gasteiger partial charge in [0.05, 0.1) is 6.04 Å². The van der Waals surface area contributed by atoms with Crippen LogP contribution in [-0.2, 0) is 12.8 Å². The van der Waals surface area contributed by atoms with Gasteiger partial charge in [-0.05, 0) is 29.5 Å². The van der Waals surface area contributed by atoms with Crippen molar-refractivity contribution in [3.05, 3.63) is 119 Å². The number of thiazole rings is 1. The van der Waals surface area contributed by atoms with E-state index in [4.69, 9.17) is 0 Å². The Morgan fingerprint density at radius 3 is 2.13 bits per heavy atom. The van der Waals surface area contributed by atoms with Crippen LogP contribution < -0.4 is 10.6 Å². The summed E-state index contributed by atoms with van der Waals surface area (Å²) in [7, 11) is 0. The highest BCUT2D eigenvalue weighted by molar-refractivity contribution is 7.15. The van der Waals surface area contributed by atoms with Gasteiger partial charge in [0, 0.05) is 17.5 Å². The lowest BCUT2D eigenvalue weighted by Crippen LogP contribution is -2.32. The normalized spacial score (nSPS) is 11.6. The molecule has 1 atom stereocenters. The van der Waals surface area contributed by atoms with Gasteiger partial charge in [-0.1, -0.05) is 91.0 Å². The Hall–Kier alpha value is -3.44. The van der Waals surface area contributed by atoms with Gasteiger partial charge in [0.1, 0.15) is 0 Å². The number of carbonyl (C=O) groups is 1. The lowest BCUT2D eigenvalue weighted by Gasteiger charge is -2.19. The molecule has 0 saturated carbocycles. The fraction of sp³-hybridized carbons (Fsp3) is 0.154. The fourth-order valence-corrected chi connectivity index (χ4v) is 4.34. The smallest absolute Gasteiger partial charge is 0.321 e. The van der Waals surface area contributed by atoms with Crippen LogP contribution >= 0.6 is 11.3 Å². The van der Waals surface area contributed by atoms with Crippen molar-refractivity contribution < 1.29 is 4.79 Å². The van der Waals surface area contributed by atoms with Crippen LogP contribution in [-0.4, -0.2) is 11.0 Å². The van der Waals surface area contributed by atoms with E-state index in [-0.39, 0.29) is 12.1 Å². The van der Waals surface area contributed by atoms with Gasteiger partial charge < -0.3 is 5.32 Å². The van der Waals surface area contributed by atoms with Crippen molar-refractivity contribution in [1.29, 1.82) is 0 Å². The van der Waals surface area contributed by atoms with Gasteiger partial charge in [-0.25, -0.2) is 9.78 Å². The van der Waals surface area contributed by atoms with Gasteiger partial charge in [-0.2, -0.15) is 0 Å². The van der Waals surface area contributed by atoms with Crippen molar-refractivity contribution >= 4 is 22.5 Å². The highest BCUT2D eigenvalue weighted by Crippen LogP contribution is 2.23. The summed E-state index contributed by atoms with van der Waals surface area (Å²) in [6.07, 6.45) is 4.35. The van der Waals surface area contributed by atoms with Gasteiger partial charge in [-0.15, -0.1) is 11.3 Å². The van der Waals surface area contributed by atoms with E-state index in [1.54, 1.807) is 0 Å². The zero-order valence-electron chi connectivity index (χ0n) is 17.2. The predicted octanol–water partition coefficient (Wildman–Crippen LogP) is 6.23. The molecule has 156 valence electrons. The van der Waals surface area contributed by atoms with Gasteiger partial charge in [0.2, 0.25) is 0 Å². The first-order chi connectivity index (χ1) is 15.3. The van der Waals surface area contributed by atoms with Gasteiger partial charge >= 0.3 is 6.03 Å². The Balaban J connectivity index is 1.38. The molecule has 0 fully saturated rings. The Morgan fingerprint density at radius 2 is 1.45 bits per heavy atom. The number of benzene rings is 3. The Labute approximate surface area is 187 Å². The third kappa shape index (κ3) is 6.27. The molecule has 4 nitrogen and oxygen atoms in total. The maximum absolute atomic E-state index is 12.7. The molecular weight excluding hydrogens is 402 g/mol. The molecular formula is C26H25N3OS. The van der Waals surface area contributed by atoms with Crippen LogP contribution in [0.1, 0.15) is 34.0 Å². The van der Waals surface area contributed by atoms with Crippen molar-refractivity contribution in [3.63, 3.8) is 0 Å². The first-order valence-electron chi connectivity index (χ1n) is 10.4. The van der Waals surface area contributed by atoms with E-state index < -0.39 is 0 Å². The van der Waals surface area contributed by atoms with Crippen LogP contribution in [0.15, 0.2) is 97.2 Å². The average molecular weight is 428 g/mol. The van der Waals surface area contributed by atoms with E-state index in [0.717, 1.165) is 29.7 Å². The first kappa shape index (κ1) is 20.8. The van der Waals surface area contributed by atoms with Crippen LogP contribution in [0.25, 0.3) is 0 Å². The van der Waals surface area contributed by atoms with E-state index in [9.17, 15) is 4.79 Å². The number of nitrogens with zero attached hydrogens (tertiary/aromatic N) is 1. The van der Waals surface area contributed by atoms with Crippen LogP contribution in [0.4, 0.5) is 9.93 Å². The number of nitrogens with one attached hydrogen (secondary N) is 2. The number of hydrogen-bond donors (Lipinski definition) is 2. The molecule has 1 unspecified atom stereocenters. The summed E-state index contributed by atoms with van der Waals surface area (Å²) in [5.41, 5.74) is 3.58. The van der Waals surface area contributed by atoms with Gasteiger partial charge in [-0.3, -0.25) is 5.32 Å². The molecule has 3 aromatic carbocycles. The van der Waals surface area contributed by atoms with Gasteiger partial charge in [0.25, 0.3) is 0 Å². The van der Waals surface area contributed by atoms with Crippen molar-refractivity contribution in [2.75, 3.05) is 5.32 Å². The van der Waals surface area contributed by atoms with Crippen LogP contribution in [0.2, 0.25) is 0 Å². The Morgan fingerprint density at radius 1 is 0.839 bits per heavy atom. The van der Waals surface area contributed by atoms with Crippen LogP contribution in [0.5, 0.6) is 0 Å². The van der Waals surface area contributed by atoms with Crippen LogP contribution in [0, 0.1) is 0 Å². The highest BCUT2D eigenvalue weighted by atomic mass is 32.1. The summed E-state index contributed by atoms with van der Waals surface area (Å²) in [6.45, 7) is 0. The molecule has 2 N–H and O–H groups in total. The second kappa shape index (κ2) is 10.5. The number of aromatic nitrogens is 1. The van der Waals surface area contributed by atoms with E-state index in [0.29, 0.717) is 5.13 Å². The second-order valence-electron chi connectivity index (χ2n) is 7.38. The van der Waals surface area contributed by atoms with Crippen molar-refractivity contribution in [2.24, 2.45) is 0 Å². The maximum Gasteiger partial charge on any atom is 0.321 e. The molecule has 1 heterocycles. The number of anilines is 1. The Kier molecular flexibility index (Phi) is 7.08. The SMILES string of the molecule is O=C(Nc1ncc(Cc2ccccc2)s1)NC(CCc1ccccc1)c1ccccc1. The standard InChI is InChI=1S/C26H25N3OS/c30-25(29-26-27-19-23(31-26)18-21-12-6-2-7-13-21)28-24(22-14-8-3-9-15-22)17-16-20-10-4-1-5-11-20/h1-15,19,24H,16-18H2,(H2,27,28,29,30). The fourth-order valence-electron chi connectivity index (χ4n) is 3.50. The topological polar surface area (TPSA) is 54.0 Å². The van der Waals surface area contributed by atoms with Gasteiger partial charge in [0.15, 0.2) is 5.13 Å². The summed E-state index contributed by atoms with van der Waals surface area (Å²) < 4.78 is 0. The molecule has 0 saturated heterocycles. The number of amides is 2. The zero-order valence-corrected chi connectivity index (χ0v) is 18.0. The molecule has 5 heteroatoms. The molecule has 0 aliphatic heterocycles. The predicted molar refractivity (Wildman–Crippen MR) is 127 cm³/mol. The quantitative estimate of drug-likeness (QED) is 0.350. The molecule has 0 radical (unpaired) electrons. The molecule has 4 rings (SSSR count). The lowest BCUT2D eigenvalue weighted by molar-refractivity contribution is 0.248. The third-order valence-corrected chi connectivity index (χ3v) is 5.98. The second-order valence-corrected chi connectivity index (χ2v) is 8.50. The van der Waals surface area contributed by atoms with Crippen LogP contribution in [0.3, 0.4) is 0 Å². The number of urea groups is 1. The molecule has 4 aromatic rings. The molecule has 2 amide bonds. The van der Waals surface area contributed by atoms with E-state index in [1.165, 1.54) is 22.5 Å². The van der Waals surface area contributed by atoms with E-state index >= 15 is 0 Å². The monoisotopic (exact) mass is 427 g/mol. The lowest BCUT2D eigenvalue weighted by atomic mass is 9.99. The summed E-state index contributed by atoms with van der Waals surface area (Å²) in [5.74, 6) is 0. The summed E-state index contributed by atoms with van der Waals surface area (Å²) in [4.78, 5) is 18.2. The summed E-state index contributed by atoms with van der Waals surface area (Å²) in [5, 5.41) is 6.64. The Bertz CT molecular complexity index is 1080. The first-order valence-corrected chi connectivity index (χ1v) is 11.2.